The minimum atomic E-state index is -0.627. The second-order valence-electron chi connectivity index (χ2n) is 2.88. The number of rotatable bonds is 1. The molecule has 0 aromatic heterocycles. The van der Waals surface area contributed by atoms with Crippen molar-refractivity contribution in [1.82, 2.24) is 0 Å². The van der Waals surface area contributed by atoms with E-state index in [1.165, 1.54) is 5.57 Å². The van der Waals surface area contributed by atoms with Gasteiger partial charge in [0, 0.05) is 0 Å². The van der Waals surface area contributed by atoms with Crippen LogP contribution < -0.4 is 0 Å². The van der Waals surface area contributed by atoms with Crippen LogP contribution in [0.15, 0.2) is 9.66 Å². The summed E-state index contributed by atoms with van der Waals surface area (Å²) in [5.74, 6) is -0.715. The third kappa shape index (κ3) is 2.47. The van der Waals surface area contributed by atoms with Crippen LogP contribution in [0.1, 0.15) is 25.7 Å². The van der Waals surface area contributed by atoms with Gasteiger partial charge in [-0.05, 0) is 29.8 Å². The van der Waals surface area contributed by atoms with Crippen LogP contribution in [0.4, 0.5) is 0 Å². The predicted molar refractivity (Wildman–Crippen MR) is 51.7 cm³/mol. The summed E-state index contributed by atoms with van der Waals surface area (Å²) in [7, 11) is 0. The SMILES string of the molecule is O=C(O)C1CCC(=CI)CC1. The fourth-order valence-electron chi connectivity index (χ4n) is 1.34. The molecule has 1 rings (SSSR count). The second-order valence-corrected chi connectivity index (χ2v) is 3.50. The van der Waals surface area contributed by atoms with E-state index >= 15 is 0 Å². The zero-order valence-electron chi connectivity index (χ0n) is 6.22. The summed E-state index contributed by atoms with van der Waals surface area (Å²) in [6.07, 6.45) is 3.59. The van der Waals surface area contributed by atoms with E-state index in [0.717, 1.165) is 25.7 Å². The highest BCUT2D eigenvalue weighted by Gasteiger charge is 2.21. The van der Waals surface area contributed by atoms with Crippen molar-refractivity contribution in [2.75, 3.05) is 0 Å². The smallest absolute Gasteiger partial charge is 0.306 e. The van der Waals surface area contributed by atoms with Crippen molar-refractivity contribution in [1.29, 1.82) is 0 Å². The van der Waals surface area contributed by atoms with Crippen molar-refractivity contribution in [2.45, 2.75) is 25.7 Å². The highest BCUT2D eigenvalue weighted by Crippen LogP contribution is 2.28. The van der Waals surface area contributed by atoms with E-state index in [4.69, 9.17) is 5.11 Å². The minimum Gasteiger partial charge on any atom is -0.481 e. The third-order valence-electron chi connectivity index (χ3n) is 2.13. The van der Waals surface area contributed by atoms with Crippen molar-refractivity contribution in [3.63, 3.8) is 0 Å². The van der Waals surface area contributed by atoms with Crippen molar-refractivity contribution >= 4 is 28.6 Å². The molecule has 1 N–H and O–H groups in total. The Morgan fingerprint density at radius 2 is 2.09 bits per heavy atom. The van der Waals surface area contributed by atoms with Gasteiger partial charge in [-0.1, -0.05) is 28.2 Å². The average Bonchev–Trinajstić information content (AvgIpc) is 2.05. The van der Waals surface area contributed by atoms with Gasteiger partial charge in [-0.15, -0.1) is 0 Å². The molecule has 0 spiro atoms. The Kier molecular flexibility index (Phi) is 3.36. The first kappa shape index (κ1) is 9.03. The van der Waals surface area contributed by atoms with E-state index in [-0.39, 0.29) is 5.92 Å². The first-order valence-electron chi connectivity index (χ1n) is 3.75. The highest BCUT2D eigenvalue weighted by molar-refractivity contribution is 14.1. The van der Waals surface area contributed by atoms with E-state index in [1.807, 2.05) is 0 Å². The lowest BCUT2D eigenvalue weighted by Gasteiger charge is -2.19. The zero-order chi connectivity index (χ0) is 8.27. The first-order valence-corrected chi connectivity index (χ1v) is 4.99. The van der Waals surface area contributed by atoms with Crippen molar-refractivity contribution in [2.24, 2.45) is 5.92 Å². The Labute approximate surface area is 79.8 Å². The van der Waals surface area contributed by atoms with E-state index in [0.29, 0.717) is 0 Å². The molecule has 1 fully saturated rings. The molecule has 0 aliphatic heterocycles. The molecule has 2 nitrogen and oxygen atoms in total. The lowest BCUT2D eigenvalue weighted by molar-refractivity contribution is -0.142. The molecule has 0 saturated heterocycles. The minimum absolute atomic E-state index is 0.0879. The van der Waals surface area contributed by atoms with E-state index in [1.54, 1.807) is 0 Å². The van der Waals surface area contributed by atoms with Gasteiger partial charge in [0.05, 0.1) is 5.92 Å². The molecule has 11 heavy (non-hydrogen) atoms. The van der Waals surface area contributed by atoms with Crippen LogP contribution in [0.5, 0.6) is 0 Å². The number of carbonyl (C=O) groups is 1. The van der Waals surface area contributed by atoms with E-state index in [9.17, 15) is 4.79 Å². The molecule has 0 heterocycles. The zero-order valence-corrected chi connectivity index (χ0v) is 8.37. The van der Waals surface area contributed by atoms with Crippen LogP contribution in [0, 0.1) is 5.92 Å². The Hall–Kier alpha value is -0.0600. The molecule has 0 unspecified atom stereocenters. The van der Waals surface area contributed by atoms with Crippen molar-refractivity contribution < 1.29 is 9.90 Å². The van der Waals surface area contributed by atoms with Gasteiger partial charge >= 0.3 is 5.97 Å². The summed E-state index contributed by atoms with van der Waals surface area (Å²) in [6.45, 7) is 0. The summed E-state index contributed by atoms with van der Waals surface area (Å²) in [5.41, 5.74) is 1.41. The second kappa shape index (κ2) is 4.09. The van der Waals surface area contributed by atoms with Gasteiger partial charge in [-0.3, -0.25) is 4.79 Å². The molecule has 0 aromatic carbocycles. The summed E-state index contributed by atoms with van der Waals surface area (Å²) >= 11 is 2.22. The van der Waals surface area contributed by atoms with E-state index < -0.39 is 5.97 Å². The number of hydrogen-bond donors (Lipinski definition) is 1. The predicted octanol–water partition coefficient (Wildman–Crippen LogP) is 2.58. The summed E-state index contributed by atoms with van der Waals surface area (Å²) in [6, 6.07) is 0. The van der Waals surface area contributed by atoms with Gasteiger partial charge in [0.25, 0.3) is 0 Å². The molecule has 1 saturated carbocycles. The summed E-state index contributed by atoms with van der Waals surface area (Å²) < 4.78 is 2.08. The van der Waals surface area contributed by atoms with Crippen molar-refractivity contribution in [3.8, 4) is 0 Å². The number of allylic oxidation sites excluding steroid dienone is 1. The maximum Gasteiger partial charge on any atom is 0.306 e. The fraction of sp³-hybridized carbons (Fsp3) is 0.625. The van der Waals surface area contributed by atoms with Gasteiger partial charge in [0.15, 0.2) is 0 Å². The number of carboxylic acid groups (broad SMARTS) is 1. The van der Waals surface area contributed by atoms with Gasteiger partial charge in [0.1, 0.15) is 0 Å². The Morgan fingerprint density at radius 1 is 1.55 bits per heavy atom. The molecule has 62 valence electrons. The van der Waals surface area contributed by atoms with Crippen LogP contribution in [0.3, 0.4) is 0 Å². The largest absolute Gasteiger partial charge is 0.481 e. The molecule has 0 amide bonds. The van der Waals surface area contributed by atoms with Gasteiger partial charge < -0.3 is 5.11 Å². The Bertz CT molecular complexity index is 177. The van der Waals surface area contributed by atoms with Gasteiger partial charge in [-0.2, -0.15) is 0 Å². The summed E-state index contributed by atoms with van der Waals surface area (Å²) in [5, 5.41) is 8.68. The number of carboxylic acids is 1. The molecule has 1 aliphatic carbocycles. The standard InChI is InChI=1S/C8H11IO2/c9-5-6-1-3-7(4-2-6)8(10)11/h5,7H,1-4H2,(H,10,11). The molecular weight excluding hydrogens is 255 g/mol. The van der Waals surface area contributed by atoms with Crippen LogP contribution in [-0.2, 0) is 4.79 Å². The van der Waals surface area contributed by atoms with Crippen LogP contribution >= 0.6 is 22.6 Å². The number of hydrogen-bond acceptors (Lipinski definition) is 1. The Morgan fingerprint density at radius 3 is 2.45 bits per heavy atom. The van der Waals surface area contributed by atoms with E-state index in [2.05, 4.69) is 26.7 Å². The molecule has 0 aromatic rings. The number of aliphatic carboxylic acids is 1. The molecule has 1 aliphatic rings. The quantitative estimate of drug-likeness (QED) is 0.740. The molecular formula is C8H11IO2. The summed E-state index contributed by atoms with van der Waals surface area (Å²) in [4.78, 5) is 10.5. The molecule has 3 heteroatoms. The normalized spacial score (nSPS) is 24.8. The maximum atomic E-state index is 10.5. The maximum absolute atomic E-state index is 10.5. The van der Waals surface area contributed by atoms with Crippen molar-refractivity contribution in [3.05, 3.63) is 9.66 Å². The highest BCUT2D eigenvalue weighted by atomic mass is 127. The topological polar surface area (TPSA) is 37.3 Å². The third-order valence-corrected chi connectivity index (χ3v) is 3.01. The van der Waals surface area contributed by atoms with Gasteiger partial charge in [-0.25, -0.2) is 0 Å². The lowest BCUT2D eigenvalue weighted by Crippen LogP contribution is -2.17. The Balaban J connectivity index is 2.42. The average molecular weight is 266 g/mol. The number of halogens is 1. The monoisotopic (exact) mass is 266 g/mol. The molecule has 0 bridgehead atoms. The molecule has 0 atom stereocenters. The van der Waals surface area contributed by atoms with Crippen LogP contribution in [0.2, 0.25) is 0 Å². The van der Waals surface area contributed by atoms with Gasteiger partial charge in [0.2, 0.25) is 0 Å². The first-order chi connectivity index (χ1) is 5.24. The van der Waals surface area contributed by atoms with Crippen LogP contribution in [-0.4, -0.2) is 11.1 Å². The lowest BCUT2D eigenvalue weighted by atomic mass is 9.87. The molecule has 0 radical (unpaired) electrons. The fourth-order valence-corrected chi connectivity index (χ4v) is 1.97. The van der Waals surface area contributed by atoms with Crippen LogP contribution in [0.25, 0.3) is 0 Å².